The fraction of sp³-hybridized carbons (Fsp3) is 1.00. The van der Waals surface area contributed by atoms with E-state index in [1.54, 1.807) is 0 Å². The van der Waals surface area contributed by atoms with Crippen molar-refractivity contribution in [3.8, 4) is 0 Å². The van der Waals surface area contributed by atoms with Crippen LogP contribution in [0.4, 0.5) is 0 Å². The Morgan fingerprint density at radius 2 is 1.82 bits per heavy atom. The van der Waals surface area contributed by atoms with Gasteiger partial charge in [0.25, 0.3) is 0 Å². The summed E-state index contributed by atoms with van der Waals surface area (Å²) in [4.78, 5) is 0. The molecule has 1 rings (SSSR count). The van der Waals surface area contributed by atoms with Crippen LogP contribution in [0.1, 0.15) is 54.9 Å². The highest BCUT2D eigenvalue weighted by atomic mass is 16.5. The number of aliphatic hydroxyl groups excluding tert-OH is 1. The highest BCUT2D eigenvalue weighted by Gasteiger charge is 2.48. The van der Waals surface area contributed by atoms with E-state index in [4.69, 9.17) is 9.47 Å². The lowest BCUT2D eigenvalue weighted by Gasteiger charge is -2.31. The maximum atomic E-state index is 10.3. The molecule has 2 unspecified atom stereocenters. The van der Waals surface area contributed by atoms with E-state index in [1.807, 2.05) is 34.6 Å². The molecule has 0 saturated carbocycles. The van der Waals surface area contributed by atoms with Crippen LogP contribution < -0.4 is 0 Å². The van der Waals surface area contributed by atoms with Crippen LogP contribution in [0.3, 0.4) is 0 Å². The first-order valence-corrected chi connectivity index (χ1v) is 6.45. The van der Waals surface area contributed by atoms with Crippen molar-refractivity contribution in [2.45, 2.75) is 77.8 Å². The van der Waals surface area contributed by atoms with Crippen LogP contribution in [0, 0.1) is 5.92 Å². The Kier molecular flexibility index (Phi) is 3.98. The molecule has 0 bridgehead atoms. The van der Waals surface area contributed by atoms with Gasteiger partial charge in [-0.25, -0.2) is 0 Å². The van der Waals surface area contributed by atoms with Crippen molar-refractivity contribution in [3.63, 3.8) is 0 Å². The van der Waals surface area contributed by atoms with E-state index in [-0.39, 0.29) is 22.7 Å². The van der Waals surface area contributed by atoms with Crippen molar-refractivity contribution in [3.05, 3.63) is 0 Å². The summed E-state index contributed by atoms with van der Waals surface area (Å²) in [7, 11) is 0. The van der Waals surface area contributed by atoms with Gasteiger partial charge in [0.15, 0.2) is 0 Å². The lowest BCUT2D eigenvalue weighted by Crippen LogP contribution is -2.40. The number of hydrogen-bond acceptors (Lipinski definition) is 3. The molecule has 1 aliphatic rings. The van der Waals surface area contributed by atoms with E-state index in [0.717, 1.165) is 6.42 Å². The molecule has 0 radical (unpaired) electrons. The van der Waals surface area contributed by atoms with Crippen LogP contribution in [-0.4, -0.2) is 34.6 Å². The van der Waals surface area contributed by atoms with Crippen LogP contribution >= 0.6 is 0 Å². The summed E-state index contributed by atoms with van der Waals surface area (Å²) < 4.78 is 11.6. The molecule has 1 fully saturated rings. The zero-order valence-electron chi connectivity index (χ0n) is 12.3. The minimum Gasteiger partial charge on any atom is -0.390 e. The summed E-state index contributed by atoms with van der Waals surface area (Å²) in [6.45, 7) is 14.6. The summed E-state index contributed by atoms with van der Waals surface area (Å²) in [5.74, 6) is 0.125. The first-order chi connectivity index (χ1) is 7.43. The minimum atomic E-state index is -0.467. The quantitative estimate of drug-likeness (QED) is 0.829. The molecule has 1 aliphatic heterocycles. The molecular weight excluding hydrogens is 216 g/mol. The predicted molar refractivity (Wildman–Crippen MR) is 69.1 cm³/mol. The van der Waals surface area contributed by atoms with Crippen LogP contribution in [0.2, 0.25) is 0 Å². The van der Waals surface area contributed by atoms with Crippen molar-refractivity contribution >= 4 is 0 Å². The Hall–Kier alpha value is -0.120. The largest absolute Gasteiger partial charge is 0.390 e. The molecule has 1 N–H and O–H groups in total. The molecular formula is C14H28O3. The van der Waals surface area contributed by atoms with Crippen LogP contribution in [-0.2, 0) is 9.47 Å². The smallest absolute Gasteiger partial charge is 0.0830 e. The second kappa shape index (κ2) is 4.52. The third-order valence-electron chi connectivity index (χ3n) is 3.30. The fourth-order valence-electron chi connectivity index (χ4n) is 2.66. The van der Waals surface area contributed by atoms with Crippen molar-refractivity contribution in [1.29, 1.82) is 0 Å². The molecule has 3 heteroatoms. The van der Waals surface area contributed by atoms with Gasteiger partial charge in [0.1, 0.15) is 0 Å². The Labute approximate surface area is 105 Å². The van der Waals surface area contributed by atoms with E-state index in [1.165, 1.54) is 0 Å². The van der Waals surface area contributed by atoms with Crippen molar-refractivity contribution in [1.82, 2.24) is 0 Å². The number of aliphatic hydroxyl groups is 1. The van der Waals surface area contributed by atoms with Gasteiger partial charge in [-0.1, -0.05) is 0 Å². The SMILES string of the molecule is CC(C)(C)OCC(O)C1CC(C)(C)OC1(C)C. The maximum absolute atomic E-state index is 10.3. The monoisotopic (exact) mass is 244 g/mol. The average molecular weight is 244 g/mol. The Morgan fingerprint density at radius 1 is 1.29 bits per heavy atom. The van der Waals surface area contributed by atoms with Gasteiger partial charge in [-0.2, -0.15) is 0 Å². The third kappa shape index (κ3) is 4.23. The third-order valence-corrected chi connectivity index (χ3v) is 3.30. The van der Waals surface area contributed by atoms with E-state index in [9.17, 15) is 5.11 Å². The fourth-order valence-corrected chi connectivity index (χ4v) is 2.66. The first-order valence-electron chi connectivity index (χ1n) is 6.45. The van der Waals surface area contributed by atoms with Gasteiger partial charge in [0.2, 0.25) is 0 Å². The molecule has 0 amide bonds. The van der Waals surface area contributed by atoms with Crippen LogP contribution in [0.25, 0.3) is 0 Å². The predicted octanol–water partition coefficient (Wildman–Crippen LogP) is 2.76. The van der Waals surface area contributed by atoms with Crippen LogP contribution in [0.5, 0.6) is 0 Å². The molecule has 1 saturated heterocycles. The normalized spacial score (nSPS) is 29.3. The summed E-state index contributed by atoms with van der Waals surface area (Å²) in [6.07, 6.45) is 0.403. The highest BCUT2D eigenvalue weighted by molar-refractivity contribution is 4.97. The molecule has 2 atom stereocenters. The van der Waals surface area contributed by atoms with Gasteiger partial charge in [-0.15, -0.1) is 0 Å². The van der Waals surface area contributed by atoms with Gasteiger partial charge >= 0.3 is 0 Å². The molecule has 0 spiro atoms. The lowest BCUT2D eigenvalue weighted by atomic mass is 9.83. The van der Waals surface area contributed by atoms with E-state index >= 15 is 0 Å². The molecule has 17 heavy (non-hydrogen) atoms. The molecule has 1 heterocycles. The van der Waals surface area contributed by atoms with Crippen molar-refractivity contribution in [2.24, 2.45) is 5.92 Å². The topological polar surface area (TPSA) is 38.7 Å². The number of rotatable bonds is 3. The summed E-state index contributed by atoms with van der Waals surface area (Å²) in [5.41, 5.74) is -0.652. The standard InChI is InChI=1S/C14H28O3/c1-12(2,3)16-9-11(15)10-8-13(4,5)17-14(10,6)7/h10-11,15H,8-9H2,1-7H3. The Balaban J connectivity index is 2.61. The van der Waals surface area contributed by atoms with Gasteiger partial charge in [0, 0.05) is 5.92 Å². The Bertz CT molecular complexity index is 263. The molecule has 0 aromatic rings. The van der Waals surface area contributed by atoms with Gasteiger partial charge in [-0.05, 0) is 54.9 Å². The van der Waals surface area contributed by atoms with Crippen LogP contribution in [0.15, 0.2) is 0 Å². The minimum absolute atomic E-state index is 0.125. The van der Waals surface area contributed by atoms with Crippen molar-refractivity contribution < 1.29 is 14.6 Å². The zero-order chi connectivity index (χ0) is 13.5. The summed E-state index contributed by atoms with van der Waals surface area (Å²) >= 11 is 0. The van der Waals surface area contributed by atoms with Gasteiger partial charge < -0.3 is 14.6 Å². The summed E-state index contributed by atoms with van der Waals surface area (Å²) in [6, 6.07) is 0. The average Bonchev–Trinajstić information content (AvgIpc) is 2.29. The van der Waals surface area contributed by atoms with E-state index in [2.05, 4.69) is 13.8 Å². The molecule has 0 aliphatic carbocycles. The zero-order valence-corrected chi connectivity index (χ0v) is 12.3. The molecule has 0 aromatic carbocycles. The van der Waals surface area contributed by atoms with E-state index in [0.29, 0.717) is 6.61 Å². The second-order valence-electron chi connectivity index (χ2n) is 7.27. The van der Waals surface area contributed by atoms with Crippen molar-refractivity contribution in [2.75, 3.05) is 6.61 Å². The maximum Gasteiger partial charge on any atom is 0.0830 e. The van der Waals surface area contributed by atoms with Gasteiger partial charge in [0.05, 0.1) is 29.5 Å². The lowest BCUT2D eigenvalue weighted by molar-refractivity contribution is -0.109. The number of ether oxygens (including phenoxy) is 2. The number of hydrogen-bond donors (Lipinski definition) is 1. The second-order valence-corrected chi connectivity index (χ2v) is 7.27. The highest BCUT2D eigenvalue weighted by Crippen LogP contribution is 2.43. The van der Waals surface area contributed by atoms with E-state index < -0.39 is 6.10 Å². The Morgan fingerprint density at radius 3 is 2.18 bits per heavy atom. The summed E-state index contributed by atoms with van der Waals surface area (Å²) in [5, 5.41) is 10.3. The molecule has 3 nitrogen and oxygen atoms in total. The molecule has 0 aromatic heterocycles. The molecule has 102 valence electrons. The van der Waals surface area contributed by atoms with Gasteiger partial charge in [-0.3, -0.25) is 0 Å². The first kappa shape index (κ1) is 14.9.